The Labute approximate surface area is 284 Å². The standard InChI is InChI=1S/C27H32N3.C12H7N2.Ir/c1-24(2,3)23-29-19-13-11-10-12-16(19)22-28-20-14-17-18(15-21(20)30(22)23)26(6,7)27(8,9)25(17,4)5;13-9-10-4-3-5-11(8-10)12-6-1-2-7-14-12;/h10-11,13-15H,1-9H3;1-4,6-8H;/q2*-1;/i10D,11D,13D;;. The predicted octanol–water partition coefficient (Wildman–Crippen LogP) is 9.15. The number of nitriles is 1. The van der Waals surface area contributed by atoms with Gasteiger partial charge in [-0.1, -0.05) is 79.8 Å². The van der Waals surface area contributed by atoms with Crippen LogP contribution in [-0.4, -0.2) is 19.4 Å². The topological polar surface area (TPSA) is 66.9 Å². The fourth-order valence-electron chi connectivity index (χ4n) is 6.41. The fourth-order valence-corrected chi connectivity index (χ4v) is 6.41. The molecule has 3 heterocycles. The van der Waals surface area contributed by atoms with Crippen molar-refractivity contribution in [3.8, 4) is 17.3 Å². The Morgan fingerprint density at radius 3 is 2.27 bits per heavy atom. The van der Waals surface area contributed by atoms with E-state index in [1.807, 2.05) is 18.2 Å². The first-order valence-electron chi connectivity index (χ1n) is 16.5. The number of fused-ring (bicyclic) bond motifs is 6. The van der Waals surface area contributed by atoms with E-state index in [1.165, 1.54) is 11.1 Å². The summed E-state index contributed by atoms with van der Waals surface area (Å²) in [5, 5.41) is 9.26. The molecule has 231 valence electrons. The number of aromatic nitrogens is 4. The summed E-state index contributed by atoms with van der Waals surface area (Å²) in [6, 6.07) is 23.3. The molecule has 0 aliphatic heterocycles. The minimum Gasteiger partial charge on any atom is -0.321 e. The minimum absolute atomic E-state index is 0. The molecule has 0 amide bonds. The monoisotopic (exact) mass is 773 g/mol. The van der Waals surface area contributed by atoms with E-state index in [4.69, 9.17) is 19.3 Å². The van der Waals surface area contributed by atoms with Crippen molar-refractivity contribution in [2.75, 3.05) is 0 Å². The van der Waals surface area contributed by atoms with Crippen LogP contribution in [0.2, 0.25) is 0 Å². The molecule has 3 aromatic heterocycles. The van der Waals surface area contributed by atoms with Gasteiger partial charge in [0, 0.05) is 34.5 Å². The van der Waals surface area contributed by atoms with E-state index >= 15 is 0 Å². The Morgan fingerprint density at radius 1 is 0.911 bits per heavy atom. The van der Waals surface area contributed by atoms with E-state index in [9.17, 15) is 0 Å². The van der Waals surface area contributed by atoms with Gasteiger partial charge in [-0.2, -0.15) is 5.26 Å². The Hall–Kier alpha value is -3.91. The van der Waals surface area contributed by atoms with Gasteiger partial charge in [0.1, 0.15) is 5.82 Å². The number of benzene rings is 3. The number of hydrogen-bond donors (Lipinski definition) is 0. The molecular weight excluding hydrogens is 731 g/mol. The summed E-state index contributed by atoms with van der Waals surface area (Å²) in [5.74, 6) is 0.792. The van der Waals surface area contributed by atoms with Crippen LogP contribution in [0.1, 0.15) is 88.9 Å². The van der Waals surface area contributed by atoms with Gasteiger partial charge >= 0.3 is 0 Å². The van der Waals surface area contributed by atoms with Crippen molar-refractivity contribution in [2.45, 2.75) is 78.6 Å². The molecule has 6 heteroatoms. The maximum absolute atomic E-state index is 8.72. The molecule has 45 heavy (non-hydrogen) atoms. The van der Waals surface area contributed by atoms with Gasteiger partial charge in [-0.15, -0.1) is 54.0 Å². The second-order valence-electron chi connectivity index (χ2n) is 14.3. The molecule has 0 fully saturated rings. The molecule has 0 saturated heterocycles. The first-order valence-corrected chi connectivity index (χ1v) is 15.0. The molecular formula is C39H39IrN5-2. The molecule has 0 N–H and O–H groups in total. The first kappa shape index (κ1) is 28.6. The molecule has 6 aromatic rings. The Kier molecular flexibility index (Phi) is 7.08. The van der Waals surface area contributed by atoms with Crippen LogP contribution in [0.15, 0.2) is 72.9 Å². The Bertz CT molecular complexity index is 2260. The van der Waals surface area contributed by atoms with E-state index < -0.39 is 0 Å². The largest absolute Gasteiger partial charge is 0.321 e. The van der Waals surface area contributed by atoms with Gasteiger partial charge in [0.15, 0.2) is 0 Å². The summed E-state index contributed by atoms with van der Waals surface area (Å²) in [6.07, 6.45) is 1.72. The maximum Gasteiger partial charge on any atom is 0.102 e. The van der Waals surface area contributed by atoms with E-state index in [0.29, 0.717) is 22.1 Å². The van der Waals surface area contributed by atoms with Crippen molar-refractivity contribution >= 4 is 27.6 Å². The molecule has 1 aliphatic rings. The average Bonchev–Trinajstić information content (AvgIpc) is 3.45. The Balaban J connectivity index is 0.000000252. The predicted molar refractivity (Wildman–Crippen MR) is 179 cm³/mol. The quantitative estimate of drug-likeness (QED) is 0.157. The van der Waals surface area contributed by atoms with Crippen LogP contribution < -0.4 is 0 Å². The summed E-state index contributed by atoms with van der Waals surface area (Å²) >= 11 is 0. The van der Waals surface area contributed by atoms with Crippen molar-refractivity contribution in [3.63, 3.8) is 0 Å². The van der Waals surface area contributed by atoms with Crippen LogP contribution in [0.25, 0.3) is 38.8 Å². The van der Waals surface area contributed by atoms with E-state index in [1.54, 1.807) is 24.4 Å². The van der Waals surface area contributed by atoms with E-state index in [-0.39, 0.29) is 59.9 Å². The Morgan fingerprint density at radius 2 is 1.62 bits per heavy atom. The molecule has 0 unspecified atom stereocenters. The van der Waals surface area contributed by atoms with Gasteiger partial charge in [-0.05, 0) is 63.7 Å². The normalized spacial score (nSPS) is 16.9. The second-order valence-corrected chi connectivity index (χ2v) is 14.3. The number of hydrogen-bond acceptors (Lipinski definition) is 4. The van der Waals surface area contributed by atoms with Crippen LogP contribution in [0, 0.1) is 28.9 Å². The number of pyridine rings is 1. The average molecular weight is 773 g/mol. The molecule has 0 atom stereocenters. The molecule has 0 spiro atoms. The molecule has 5 nitrogen and oxygen atoms in total. The summed E-state index contributed by atoms with van der Waals surface area (Å²) < 4.78 is 26.8. The van der Waals surface area contributed by atoms with E-state index in [2.05, 4.69) is 102 Å². The van der Waals surface area contributed by atoms with Crippen molar-refractivity contribution in [1.82, 2.24) is 19.4 Å². The molecule has 1 aliphatic carbocycles. The van der Waals surface area contributed by atoms with Gasteiger partial charge in [-0.25, -0.2) is 0 Å². The third-order valence-electron chi connectivity index (χ3n) is 10.1. The third-order valence-corrected chi connectivity index (χ3v) is 10.1. The van der Waals surface area contributed by atoms with Gasteiger partial charge < -0.3 is 9.38 Å². The van der Waals surface area contributed by atoms with Gasteiger partial charge in [0.2, 0.25) is 0 Å². The van der Waals surface area contributed by atoms with Crippen LogP contribution in [0.3, 0.4) is 0 Å². The summed E-state index contributed by atoms with van der Waals surface area (Å²) in [4.78, 5) is 14.1. The zero-order chi connectivity index (χ0) is 34.3. The fraction of sp³-hybridized carbons (Fsp3) is 0.333. The van der Waals surface area contributed by atoms with Gasteiger partial charge in [0.25, 0.3) is 0 Å². The summed E-state index contributed by atoms with van der Waals surface area (Å²) in [5.41, 5.74) is 7.56. The van der Waals surface area contributed by atoms with Crippen molar-refractivity contribution in [3.05, 3.63) is 108 Å². The van der Waals surface area contributed by atoms with Gasteiger partial charge in [0.05, 0.1) is 22.7 Å². The number of rotatable bonds is 1. The van der Waals surface area contributed by atoms with Crippen molar-refractivity contribution < 1.29 is 24.2 Å². The number of imidazole rings is 1. The summed E-state index contributed by atoms with van der Waals surface area (Å²) in [7, 11) is 0. The second kappa shape index (κ2) is 11.2. The molecule has 0 saturated carbocycles. The summed E-state index contributed by atoms with van der Waals surface area (Å²) in [6.45, 7) is 20.3. The number of nitrogens with zero attached hydrogens (tertiary/aromatic N) is 5. The van der Waals surface area contributed by atoms with Crippen molar-refractivity contribution in [2.24, 2.45) is 5.41 Å². The van der Waals surface area contributed by atoms with Crippen LogP contribution in [0.5, 0.6) is 0 Å². The van der Waals surface area contributed by atoms with Crippen LogP contribution in [0.4, 0.5) is 0 Å². The van der Waals surface area contributed by atoms with E-state index in [0.717, 1.165) is 28.1 Å². The molecule has 1 radical (unpaired) electrons. The maximum atomic E-state index is 8.72. The van der Waals surface area contributed by atoms with Crippen LogP contribution in [-0.2, 0) is 36.4 Å². The third kappa shape index (κ3) is 5.07. The van der Waals surface area contributed by atoms with Crippen LogP contribution >= 0.6 is 0 Å². The molecule has 7 rings (SSSR count). The molecule has 0 bridgehead atoms. The smallest absolute Gasteiger partial charge is 0.102 e. The minimum atomic E-state index is -0.318. The zero-order valence-corrected chi connectivity index (χ0v) is 29.7. The zero-order valence-electron chi connectivity index (χ0n) is 30.3. The molecule has 3 aromatic carbocycles. The first-order chi connectivity index (χ1) is 21.9. The van der Waals surface area contributed by atoms with Gasteiger partial charge in [-0.3, -0.25) is 9.97 Å². The SMILES string of the molecule is N#Cc1cc[c-]c(-c2ccccn2)c1.[2H]c1[c-]c2c(nc(C(C)(C)C)n3c4cc5c(cc4nc23)C(C)(C)C(C)(C)C5(C)C)c([2H])c1[2H].[Ir]. The van der Waals surface area contributed by atoms with Crippen molar-refractivity contribution in [1.29, 1.82) is 5.26 Å².